The minimum Gasteiger partial charge on any atom is -0.376 e. The van der Waals surface area contributed by atoms with Crippen LogP contribution in [0.25, 0.3) is 0 Å². The minimum absolute atomic E-state index is 0.0279. The number of amides is 1. The molecule has 25 heavy (non-hydrogen) atoms. The Morgan fingerprint density at radius 1 is 1.12 bits per heavy atom. The largest absolute Gasteiger partial charge is 0.376 e. The quantitative estimate of drug-likeness (QED) is 0.900. The second kappa shape index (κ2) is 7.44. The summed E-state index contributed by atoms with van der Waals surface area (Å²) in [5.74, 6) is 0.153. The number of benzene rings is 1. The molecule has 0 saturated carbocycles. The molecule has 1 aliphatic carbocycles. The molecule has 0 radical (unpaired) electrons. The van der Waals surface area contributed by atoms with E-state index in [9.17, 15) is 4.79 Å². The molecule has 5 heteroatoms. The summed E-state index contributed by atoms with van der Waals surface area (Å²) in [6, 6.07) is 8.51. The molecule has 1 aromatic rings. The van der Waals surface area contributed by atoms with Crippen molar-refractivity contribution in [1.29, 1.82) is 0 Å². The average molecular weight is 344 g/mol. The van der Waals surface area contributed by atoms with Crippen LogP contribution in [0.2, 0.25) is 0 Å². The van der Waals surface area contributed by atoms with E-state index in [-0.39, 0.29) is 12.0 Å². The first-order valence-electron chi connectivity index (χ1n) is 9.57. The van der Waals surface area contributed by atoms with Gasteiger partial charge in [-0.25, -0.2) is 0 Å². The predicted octanol–water partition coefficient (Wildman–Crippen LogP) is 1.54. The molecule has 2 fully saturated rings. The Morgan fingerprint density at radius 2 is 1.84 bits per heavy atom. The lowest BCUT2D eigenvalue weighted by Crippen LogP contribution is -2.61. The summed E-state index contributed by atoms with van der Waals surface area (Å²) in [5.41, 5.74) is 2.21. The zero-order chi connectivity index (χ0) is 17.1. The maximum Gasteiger partial charge on any atom is 0.241 e. The molecule has 3 aliphatic rings. The second-order valence-electron chi connectivity index (χ2n) is 7.48. The number of likely N-dealkylation sites (tertiary alicyclic amines) is 1. The number of ether oxygens (including phenoxy) is 2. The smallest absolute Gasteiger partial charge is 0.241 e. The maximum absolute atomic E-state index is 13.3. The van der Waals surface area contributed by atoms with Gasteiger partial charge in [-0.2, -0.15) is 0 Å². The molecule has 2 saturated heterocycles. The normalized spacial score (nSPS) is 26.2. The molecule has 4 rings (SSSR count). The van der Waals surface area contributed by atoms with E-state index in [1.807, 2.05) is 0 Å². The van der Waals surface area contributed by atoms with Gasteiger partial charge in [0.1, 0.15) is 5.54 Å². The van der Waals surface area contributed by atoms with E-state index in [1.165, 1.54) is 30.4 Å². The van der Waals surface area contributed by atoms with Crippen molar-refractivity contribution in [1.82, 2.24) is 10.2 Å². The lowest BCUT2D eigenvalue weighted by molar-refractivity contribution is -0.136. The summed E-state index contributed by atoms with van der Waals surface area (Å²) < 4.78 is 11.1. The van der Waals surface area contributed by atoms with Crippen molar-refractivity contribution < 1.29 is 14.3 Å². The highest BCUT2D eigenvalue weighted by atomic mass is 16.6. The SMILES string of the molecule is O=C(NCC1COCCO1)C1(N2CCCCC2)Cc2ccccc2C1. The van der Waals surface area contributed by atoms with Crippen molar-refractivity contribution in [2.45, 2.75) is 43.7 Å². The van der Waals surface area contributed by atoms with Crippen molar-refractivity contribution in [3.8, 4) is 0 Å². The maximum atomic E-state index is 13.3. The second-order valence-corrected chi connectivity index (χ2v) is 7.48. The Bertz CT molecular complexity index is 582. The van der Waals surface area contributed by atoms with E-state index in [1.54, 1.807) is 0 Å². The number of carbonyl (C=O) groups is 1. The fraction of sp³-hybridized carbons (Fsp3) is 0.650. The van der Waals surface area contributed by atoms with Gasteiger partial charge in [-0.1, -0.05) is 30.7 Å². The third kappa shape index (κ3) is 3.46. The van der Waals surface area contributed by atoms with E-state index in [0.717, 1.165) is 25.9 Å². The number of hydrogen-bond donors (Lipinski definition) is 1. The van der Waals surface area contributed by atoms with E-state index in [2.05, 4.69) is 34.5 Å². The number of rotatable bonds is 4. The van der Waals surface area contributed by atoms with Crippen LogP contribution in [0.3, 0.4) is 0 Å². The molecule has 1 atom stereocenters. The fourth-order valence-electron chi connectivity index (χ4n) is 4.47. The summed E-state index contributed by atoms with van der Waals surface area (Å²) in [6.07, 6.45) is 5.25. The van der Waals surface area contributed by atoms with Crippen molar-refractivity contribution in [2.24, 2.45) is 0 Å². The molecule has 2 heterocycles. The molecule has 0 aromatic heterocycles. The van der Waals surface area contributed by atoms with Gasteiger partial charge in [0.25, 0.3) is 0 Å². The number of nitrogens with zero attached hydrogens (tertiary/aromatic N) is 1. The third-order valence-electron chi connectivity index (χ3n) is 5.84. The highest BCUT2D eigenvalue weighted by Crippen LogP contribution is 2.36. The summed E-state index contributed by atoms with van der Waals surface area (Å²) in [6.45, 7) is 4.40. The molecule has 0 bridgehead atoms. The van der Waals surface area contributed by atoms with Crippen LogP contribution < -0.4 is 5.32 Å². The van der Waals surface area contributed by atoms with Crippen LogP contribution in [0.5, 0.6) is 0 Å². The van der Waals surface area contributed by atoms with Gasteiger partial charge in [-0.15, -0.1) is 0 Å². The topological polar surface area (TPSA) is 50.8 Å². The van der Waals surface area contributed by atoms with E-state index in [4.69, 9.17) is 9.47 Å². The van der Waals surface area contributed by atoms with Gasteiger partial charge in [0.2, 0.25) is 5.91 Å². The summed E-state index contributed by atoms with van der Waals surface area (Å²) in [5, 5.41) is 3.18. The molecule has 1 amide bonds. The minimum atomic E-state index is -0.431. The van der Waals surface area contributed by atoms with Crippen LogP contribution in [0.1, 0.15) is 30.4 Å². The first-order valence-corrected chi connectivity index (χ1v) is 9.57. The molecule has 136 valence electrons. The summed E-state index contributed by atoms with van der Waals surface area (Å²) >= 11 is 0. The summed E-state index contributed by atoms with van der Waals surface area (Å²) in [4.78, 5) is 15.8. The van der Waals surface area contributed by atoms with Gasteiger partial charge in [-0.05, 0) is 37.1 Å². The number of piperidine rings is 1. The van der Waals surface area contributed by atoms with Crippen molar-refractivity contribution >= 4 is 5.91 Å². The predicted molar refractivity (Wildman–Crippen MR) is 95.6 cm³/mol. The number of fused-ring (bicyclic) bond motifs is 1. The van der Waals surface area contributed by atoms with Gasteiger partial charge in [0.15, 0.2) is 0 Å². The van der Waals surface area contributed by atoms with Crippen molar-refractivity contribution in [3.05, 3.63) is 35.4 Å². The summed E-state index contributed by atoms with van der Waals surface area (Å²) in [7, 11) is 0. The molecule has 5 nitrogen and oxygen atoms in total. The number of carbonyl (C=O) groups excluding carboxylic acids is 1. The van der Waals surface area contributed by atoms with Crippen LogP contribution in [-0.4, -0.2) is 61.9 Å². The van der Waals surface area contributed by atoms with E-state index in [0.29, 0.717) is 26.4 Å². The molecular weight excluding hydrogens is 316 g/mol. The average Bonchev–Trinajstić information content (AvgIpc) is 3.08. The van der Waals surface area contributed by atoms with Crippen LogP contribution in [0.4, 0.5) is 0 Å². The van der Waals surface area contributed by atoms with Crippen LogP contribution in [0, 0.1) is 0 Å². The van der Waals surface area contributed by atoms with Gasteiger partial charge in [0, 0.05) is 19.4 Å². The van der Waals surface area contributed by atoms with Gasteiger partial charge in [0.05, 0.1) is 25.9 Å². The molecule has 1 unspecified atom stereocenters. The lowest BCUT2D eigenvalue weighted by atomic mass is 9.89. The van der Waals surface area contributed by atoms with Crippen LogP contribution in [0.15, 0.2) is 24.3 Å². The van der Waals surface area contributed by atoms with E-state index < -0.39 is 5.54 Å². The Balaban J connectivity index is 1.50. The highest BCUT2D eigenvalue weighted by Gasteiger charge is 2.48. The van der Waals surface area contributed by atoms with Gasteiger partial charge >= 0.3 is 0 Å². The Labute approximate surface area is 149 Å². The highest BCUT2D eigenvalue weighted by molar-refractivity contribution is 5.88. The van der Waals surface area contributed by atoms with Crippen LogP contribution >= 0.6 is 0 Å². The zero-order valence-electron chi connectivity index (χ0n) is 14.8. The number of nitrogens with one attached hydrogen (secondary N) is 1. The number of hydrogen-bond acceptors (Lipinski definition) is 4. The van der Waals surface area contributed by atoms with Crippen molar-refractivity contribution in [2.75, 3.05) is 39.5 Å². The van der Waals surface area contributed by atoms with E-state index >= 15 is 0 Å². The Kier molecular flexibility index (Phi) is 5.06. The molecule has 1 aromatic carbocycles. The van der Waals surface area contributed by atoms with Gasteiger partial charge < -0.3 is 14.8 Å². The van der Waals surface area contributed by atoms with Crippen molar-refractivity contribution in [3.63, 3.8) is 0 Å². The first kappa shape index (κ1) is 17.0. The van der Waals surface area contributed by atoms with Crippen LogP contribution in [-0.2, 0) is 27.1 Å². The fourth-order valence-corrected chi connectivity index (χ4v) is 4.47. The first-order chi connectivity index (χ1) is 12.3. The zero-order valence-corrected chi connectivity index (χ0v) is 14.8. The molecular formula is C20H28N2O3. The molecule has 1 N–H and O–H groups in total. The standard InChI is InChI=1S/C20H28N2O3/c23-19(21-14-18-15-24-10-11-25-18)20(22-8-4-1-5-9-22)12-16-6-2-3-7-17(16)13-20/h2-3,6-7,18H,1,4-5,8-15H2,(H,21,23). The third-order valence-corrected chi connectivity index (χ3v) is 5.84. The monoisotopic (exact) mass is 344 g/mol. The molecule has 2 aliphatic heterocycles. The molecule has 0 spiro atoms. The lowest BCUT2D eigenvalue weighted by Gasteiger charge is -2.42. The Morgan fingerprint density at radius 3 is 2.48 bits per heavy atom. The van der Waals surface area contributed by atoms with Gasteiger partial charge in [-0.3, -0.25) is 9.69 Å². The Hall–Kier alpha value is -1.43.